The van der Waals surface area contributed by atoms with Crippen LogP contribution < -0.4 is 0 Å². The molecule has 0 spiro atoms. The highest BCUT2D eigenvalue weighted by Gasteiger charge is 2.71. The topological polar surface area (TPSA) is 87.0 Å². The molecule has 8 rings (SSSR count). The summed E-state index contributed by atoms with van der Waals surface area (Å²) in [4.78, 5) is 0. The molecular formula is C40H76O8Si5. The maximum atomic E-state index is 7.78. The van der Waals surface area contributed by atoms with Gasteiger partial charge < -0.3 is 35.4 Å². The van der Waals surface area contributed by atoms with E-state index in [1.165, 1.54) is 128 Å². The number of hydrogen-bond donors (Lipinski definition) is 0. The second kappa shape index (κ2) is 15.7. The number of epoxide rings is 4. The van der Waals surface area contributed by atoms with Crippen LogP contribution in [0.1, 0.15) is 128 Å². The molecule has 8 atom stereocenters. The Morgan fingerprint density at radius 2 is 0.491 bits per heavy atom. The van der Waals surface area contributed by atoms with Crippen molar-refractivity contribution < 1.29 is 35.4 Å². The van der Waals surface area contributed by atoms with Crippen molar-refractivity contribution in [3.8, 4) is 0 Å². The summed E-state index contributed by atoms with van der Waals surface area (Å²) in [5, 5.41) is 0. The second-order valence-electron chi connectivity index (χ2n) is 21.0. The molecule has 0 amide bonds. The van der Waals surface area contributed by atoms with Crippen molar-refractivity contribution in [2.45, 2.75) is 228 Å². The normalized spacial score (nSPS) is 38.0. The molecule has 8 nitrogen and oxygen atoms in total. The monoisotopic (exact) mass is 824 g/mol. The summed E-state index contributed by atoms with van der Waals surface area (Å²) in [5.41, 5.74) is 0.608. The van der Waals surface area contributed by atoms with Gasteiger partial charge in [0.1, 0.15) is 22.9 Å². The van der Waals surface area contributed by atoms with E-state index in [-0.39, 0.29) is 22.9 Å². The molecule has 0 radical (unpaired) electrons. The first-order chi connectivity index (χ1) is 25.2. The molecule has 0 aromatic rings. The summed E-state index contributed by atoms with van der Waals surface area (Å²) in [6.07, 6.45) is 27.5. The zero-order valence-corrected chi connectivity index (χ0v) is 39.8. The van der Waals surface area contributed by atoms with Gasteiger partial charge >= 0.3 is 9.05 Å². The van der Waals surface area contributed by atoms with Gasteiger partial charge in [0, 0.05) is 0 Å². The third-order valence-corrected chi connectivity index (χ3v) is 34.6. The van der Waals surface area contributed by atoms with Crippen LogP contribution in [0.2, 0.25) is 52.4 Å². The summed E-state index contributed by atoms with van der Waals surface area (Å²) in [7, 11) is -14.0. The minimum atomic E-state index is -3.82. The fourth-order valence-electron chi connectivity index (χ4n) is 11.7. The van der Waals surface area contributed by atoms with Crippen molar-refractivity contribution in [3.05, 3.63) is 0 Å². The molecule has 0 N–H and O–H groups in total. The quantitative estimate of drug-likeness (QED) is 0.112. The Balaban J connectivity index is 1.09. The van der Waals surface area contributed by atoms with E-state index in [9.17, 15) is 0 Å². The maximum Gasteiger partial charge on any atom is 0.637 e. The first-order valence-electron chi connectivity index (χ1n) is 22.6. The predicted molar refractivity (Wildman–Crippen MR) is 221 cm³/mol. The van der Waals surface area contributed by atoms with Gasteiger partial charge in [0.25, 0.3) is 0 Å². The zero-order chi connectivity index (χ0) is 37.2. The Bertz CT molecular complexity index is 1060. The number of hydrogen-bond acceptors (Lipinski definition) is 8. The fourth-order valence-corrected chi connectivity index (χ4v) is 33.3. The lowest BCUT2D eigenvalue weighted by molar-refractivity contribution is 0.137. The molecule has 4 aliphatic heterocycles. The Kier molecular flexibility index (Phi) is 12.0. The lowest BCUT2D eigenvalue weighted by Gasteiger charge is -2.45. The van der Waals surface area contributed by atoms with Gasteiger partial charge in [0.05, 0.1) is 24.4 Å². The zero-order valence-electron chi connectivity index (χ0n) is 34.8. The largest absolute Gasteiger partial charge is 0.637 e. The van der Waals surface area contributed by atoms with E-state index in [1.807, 2.05) is 0 Å². The minimum absolute atomic E-state index is 0.152. The van der Waals surface area contributed by atoms with Crippen molar-refractivity contribution >= 4 is 42.3 Å². The molecule has 8 unspecified atom stereocenters. The van der Waals surface area contributed by atoms with E-state index in [1.54, 1.807) is 0 Å². The Morgan fingerprint density at radius 1 is 0.302 bits per heavy atom. The van der Waals surface area contributed by atoms with Gasteiger partial charge in [0.2, 0.25) is 33.3 Å². The first kappa shape index (κ1) is 40.5. The van der Waals surface area contributed by atoms with Crippen LogP contribution in [0.15, 0.2) is 0 Å². The minimum Gasteiger partial charge on any atom is -0.393 e. The lowest BCUT2D eigenvalue weighted by atomic mass is 9.87. The summed E-state index contributed by atoms with van der Waals surface area (Å²) >= 11 is 0. The average molecular weight is 825 g/mol. The van der Waals surface area contributed by atoms with E-state index in [0.29, 0.717) is 48.1 Å². The molecule has 4 aliphatic carbocycles. The molecule has 53 heavy (non-hydrogen) atoms. The fraction of sp³-hybridized carbons (Fsp3) is 1.00. The van der Waals surface area contributed by atoms with Gasteiger partial charge in [0.15, 0.2) is 0 Å². The highest BCUT2D eigenvalue weighted by Crippen LogP contribution is 2.50. The molecular weight excluding hydrogens is 749 g/mol. The van der Waals surface area contributed by atoms with Crippen molar-refractivity contribution in [1.82, 2.24) is 0 Å². The van der Waals surface area contributed by atoms with Gasteiger partial charge in [-0.2, -0.15) is 0 Å². The highest BCUT2D eigenvalue weighted by atomic mass is 28.5. The summed E-state index contributed by atoms with van der Waals surface area (Å²) in [6.45, 7) is 18.9. The van der Waals surface area contributed by atoms with Gasteiger partial charge in [-0.1, -0.05) is 77.0 Å². The van der Waals surface area contributed by atoms with Crippen LogP contribution >= 0.6 is 0 Å². The molecule has 4 saturated heterocycles. The van der Waals surface area contributed by atoms with Gasteiger partial charge in [-0.15, -0.1) is 0 Å². The molecule has 0 aromatic heterocycles. The molecule has 4 heterocycles. The van der Waals surface area contributed by atoms with Crippen LogP contribution in [-0.2, 0) is 35.4 Å². The van der Waals surface area contributed by atoms with Crippen LogP contribution in [0.25, 0.3) is 0 Å². The first-order valence-corrected chi connectivity index (χ1v) is 36.2. The molecule has 4 saturated carbocycles. The van der Waals surface area contributed by atoms with Crippen molar-refractivity contribution in [1.29, 1.82) is 0 Å². The molecule has 304 valence electrons. The van der Waals surface area contributed by atoms with Gasteiger partial charge in [-0.3, -0.25) is 0 Å². The van der Waals surface area contributed by atoms with Crippen molar-refractivity contribution in [2.75, 3.05) is 0 Å². The molecule has 8 aliphatic rings. The molecule has 0 aromatic carbocycles. The van der Waals surface area contributed by atoms with E-state index in [0.717, 1.165) is 0 Å². The average Bonchev–Trinajstić information content (AvgIpc) is 3.96. The van der Waals surface area contributed by atoms with E-state index >= 15 is 0 Å². The van der Waals surface area contributed by atoms with Crippen LogP contribution in [0, 0.1) is 23.7 Å². The molecule has 8 fully saturated rings. The third-order valence-electron chi connectivity index (χ3n) is 14.9. The van der Waals surface area contributed by atoms with Crippen LogP contribution in [-0.4, -0.2) is 89.6 Å². The van der Waals surface area contributed by atoms with Crippen LogP contribution in [0.4, 0.5) is 0 Å². The smallest absolute Gasteiger partial charge is 0.393 e. The maximum absolute atomic E-state index is 7.78. The van der Waals surface area contributed by atoms with E-state index < -0.39 is 42.3 Å². The molecule has 0 bridgehead atoms. The second-order valence-corrected chi connectivity index (χ2v) is 40.4. The number of ether oxygens (including phenoxy) is 4. The van der Waals surface area contributed by atoms with Crippen molar-refractivity contribution in [2.24, 2.45) is 23.7 Å². The summed E-state index contributed by atoms with van der Waals surface area (Å²) in [6, 6.07) is 0. The Hall–Kier alpha value is 0.764. The molecule has 13 heteroatoms. The third kappa shape index (κ3) is 9.32. The SMILES string of the molecule is C[Si](C)(O[Si](O[Si](C)(C)C1OC1C1CCCCC1)(O[Si](C)(C)C1OC1C1CCCCC1)O[Si](C)(C)C1OC1C1CCCCC1)C1OC1C1CCCCC1. The Labute approximate surface area is 328 Å². The summed E-state index contributed by atoms with van der Waals surface area (Å²) in [5.74, 6) is 2.59. The van der Waals surface area contributed by atoms with Crippen LogP contribution in [0.3, 0.4) is 0 Å². The summed E-state index contributed by atoms with van der Waals surface area (Å²) < 4.78 is 57.8. The van der Waals surface area contributed by atoms with E-state index in [4.69, 9.17) is 35.4 Å². The van der Waals surface area contributed by atoms with Crippen molar-refractivity contribution in [3.63, 3.8) is 0 Å². The Morgan fingerprint density at radius 3 is 0.679 bits per heavy atom. The van der Waals surface area contributed by atoms with Gasteiger partial charge in [-0.25, -0.2) is 0 Å². The van der Waals surface area contributed by atoms with E-state index in [2.05, 4.69) is 52.4 Å². The number of rotatable bonds is 16. The standard InChI is InChI=1S/C40H76O8Si5/c1-49(2,37-33(41-37)29-21-13-9-14-22-29)45-53(46-50(3,4)38-34(42-38)30-23-15-10-16-24-30,47-51(5,6)39-35(43-39)31-25-17-11-18-26-31)48-52(7,8)40-36(44-40)32-27-19-12-20-28-32/h29-40H,9-28H2,1-8H3. The van der Waals surface area contributed by atoms with Gasteiger partial charge in [-0.05, 0) is 127 Å². The van der Waals surface area contributed by atoms with Crippen LogP contribution in [0.5, 0.6) is 0 Å². The lowest BCUT2D eigenvalue weighted by Crippen LogP contribution is -2.70. The highest BCUT2D eigenvalue weighted by molar-refractivity contribution is 6.93. The predicted octanol–water partition coefficient (Wildman–Crippen LogP) is 9.86.